The number of aliphatic carboxylic acids is 1. The molecule has 1 fully saturated rings. The van der Waals surface area contributed by atoms with Crippen molar-refractivity contribution < 1.29 is 24.6 Å². The molecule has 1 saturated heterocycles. The summed E-state index contributed by atoms with van der Waals surface area (Å²) >= 11 is 1.26. The van der Waals surface area contributed by atoms with E-state index in [2.05, 4.69) is 5.32 Å². The Morgan fingerprint density at radius 3 is 2.37 bits per heavy atom. The van der Waals surface area contributed by atoms with Gasteiger partial charge in [-0.1, -0.05) is 0 Å². The fourth-order valence-electron chi connectivity index (χ4n) is 1.85. The normalized spacial score (nSPS) is 21.7. The van der Waals surface area contributed by atoms with Crippen LogP contribution in [0.2, 0.25) is 0 Å². The molecule has 19 heavy (non-hydrogen) atoms. The van der Waals surface area contributed by atoms with Gasteiger partial charge in [0.15, 0.2) is 0 Å². The number of carboxylic acids is 1. The zero-order valence-corrected chi connectivity index (χ0v) is 11.7. The maximum atomic E-state index is 12.0. The van der Waals surface area contributed by atoms with E-state index in [0.29, 0.717) is 5.57 Å². The lowest BCUT2D eigenvalue weighted by atomic mass is 10.0. The molecule has 0 aliphatic carbocycles. The molecule has 7 nitrogen and oxygen atoms in total. The summed E-state index contributed by atoms with van der Waals surface area (Å²) in [5.74, 6) is -2.33. The highest BCUT2D eigenvalue weighted by Gasteiger charge is 2.51. The fraction of sp³-hybridized carbons (Fsp3) is 0.545. The molecule has 1 aliphatic heterocycles. The summed E-state index contributed by atoms with van der Waals surface area (Å²) < 4.78 is 0. The highest BCUT2D eigenvalue weighted by Crippen LogP contribution is 2.33. The molecule has 8 heteroatoms. The molecular formula is C11H16N2O5S. The van der Waals surface area contributed by atoms with Gasteiger partial charge in [-0.05, 0) is 25.7 Å². The van der Waals surface area contributed by atoms with E-state index in [0.717, 1.165) is 4.90 Å². The standard InChI is InChI=1S/C11H16N2O5S/c1-5(2)8(11(17)18)13-9(16)7(10(13)19-3)12-6(15)4-14/h7,10,14H,4H2,1-3H3,(H,12,15)(H,17,18). The molecule has 3 N–H and O–H groups in total. The maximum absolute atomic E-state index is 12.0. The first kappa shape index (κ1) is 15.5. The number of carbonyl (C=O) groups excluding carboxylic acids is 2. The molecule has 0 aromatic heterocycles. The Labute approximate surface area is 114 Å². The highest BCUT2D eigenvalue weighted by molar-refractivity contribution is 7.99. The molecule has 106 valence electrons. The summed E-state index contributed by atoms with van der Waals surface area (Å²) in [5, 5.41) is 19.7. The Balaban J connectivity index is 2.95. The van der Waals surface area contributed by atoms with Crippen molar-refractivity contribution in [1.29, 1.82) is 0 Å². The van der Waals surface area contributed by atoms with Gasteiger partial charge in [-0.2, -0.15) is 0 Å². The summed E-state index contributed by atoms with van der Waals surface area (Å²) in [6, 6.07) is -0.802. The van der Waals surface area contributed by atoms with E-state index in [1.165, 1.54) is 11.8 Å². The van der Waals surface area contributed by atoms with Gasteiger partial charge >= 0.3 is 5.97 Å². The number of rotatable bonds is 5. The summed E-state index contributed by atoms with van der Waals surface area (Å²) in [7, 11) is 0. The van der Waals surface area contributed by atoms with E-state index in [1.54, 1.807) is 20.1 Å². The van der Waals surface area contributed by atoms with Crippen LogP contribution in [0.15, 0.2) is 11.3 Å². The Kier molecular flexibility index (Phi) is 4.96. The number of carbonyl (C=O) groups is 3. The number of allylic oxidation sites excluding steroid dienone is 1. The third-order valence-electron chi connectivity index (χ3n) is 2.66. The van der Waals surface area contributed by atoms with Crippen LogP contribution < -0.4 is 5.32 Å². The number of hydrogen-bond acceptors (Lipinski definition) is 5. The molecule has 0 spiro atoms. The number of aliphatic hydroxyl groups is 1. The van der Waals surface area contributed by atoms with Crippen molar-refractivity contribution in [2.75, 3.05) is 12.9 Å². The van der Waals surface area contributed by atoms with Crippen molar-refractivity contribution in [3.8, 4) is 0 Å². The third kappa shape index (κ3) is 2.90. The number of hydrogen-bond donors (Lipinski definition) is 3. The second-order valence-electron chi connectivity index (χ2n) is 4.19. The number of nitrogens with zero attached hydrogens (tertiary/aromatic N) is 1. The van der Waals surface area contributed by atoms with Crippen LogP contribution in [-0.4, -0.2) is 57.2 Å². The van der Waals surface area contributed by atoms with Gasteiger partial charge in [0.1, 0.15) is 23.7 Å². The van der Waals surface area contributed by atoms with Crippen molar-refractivity contribution in [1.82, 2.24) is 10.2 Å². The minimum Gasteiger partial charge on any atom is -0.477 e. The fourth-order valence-corrected chi connectivity index (χ4v) is 2.73. The first-order valence-electron chi connectivity index (χ1n) is 5.52. The van der Waals surface area contributed by atoms with Crippen LogP contribution >= 0.6 is 11.8 Å². The second kappa shape index (κ2) is 6.07. The van der Waals surface area contributed by atoms with Gasteiger partial charge in [0, 0.05) is 0 Å². The van der Waals surface area contributed by atoms with Gasteiger partial charge in [-0.15, -0.1) is 11.8 Å². The number of amides is 2. The molecule has 0 bridgehead atoms. The molecule has 2 amide bonds. The van der Waals surface area contributed by atoms with Crippen LogP contribution in [0.3, 0.4) is 0 Å². The number of β-lactam (4-membered cyclic amide) rings is 1. The van der Waals surface area contributed by atoms with E-state index < -0.39 is 35.8 Å². The van der Waals surface area contributed by atoms with Crippen molar-refractivity contribution >= 4 is 29.5 Å². The van der Waals surface area contributed by atoms with Crippen molar-refractivity contribution in [3.63, 3.8) is 0 Å². The Bertz CT molecular complexity index is 444. The maximum Gasteiger partial charge on any atom is 0.352 e. The monoisotopic (exact) mass is 288 g/mol. The van der Waals surface area contributed by atoms with E-state index in [9.17, 15) is 14.4 Å². The predicted octanol–water partition coefficient (Wildman–Crippen LogP) is -0.627. The Morgan fingerprint density at radius 2 is 2.00 bits per heavy atom. The number of carboxylic acid groups (broad SMARTS) is 1. The van der Waals surface area contributed by atoms with Gasteiger partial charge in [0.05, 0.1) is 0 Å². The van der Waals surface area contributed by atoms with Gasteiger partial charge in [-0.3, -0.25) is 14.5 Å². The molecule has 2 atom stereocenters. The van der Waals surface area contributed by atoms with Gasteiger partial charge in [0.2, 0.25) is 5.91 Å². The molecule has 0 radical (unpaired) electrons. The largest absolute Gasteiger partial charge is 0.477 e. The van der Waals surface area contributed by atoms with Crippen LogP contribution in [0.25, 0.3) is 0 Å². The average molecular weight is 288 g/mol. The van der Waals surface area contributed by atoms with Crippen LogP contribution in [-0.2, 0) is 14.4 Å². The second-order valence-corrected chi connectivity index (χ2v) is 5.15. The minimum atomic E-state index is -1.18. The van der Waals surface area contributed by atoms with E-state index in [-0.39, 0.29) is 5.70 Å². The Morgan fingerprint density at radius 1 is 1.42 bits per heavy atom. The summed E-state index contributed by atoms with van der Waals surface area (Å²) in [5.41, 5.74) is 0.436. The Hall–Kier alpha value is -1.54. The lowest BCUT2D eigenvalue weighted by molar-refractivity contribution is -0.150. The van der Waals surface area contributed by atoms with Gasteiger partial charge in [0.25, 0.3) is 5.91 Å². The molecule has 1 aliphatic rings. The molecular weight excluding hydrogens is 272 g/mol. The topological polar surface area (TPSA) is 107 Å². The highest BCUT2D eigenvalue weighted by atomic mass is 32.2. The molecule has 1 rings (SSSR count). The zero-order chi connectivity index (χ0) is 14.7. The molecule has 0 saturated carbocycles. The third-order valence-corrected chi connectivity index (χ3v) is 3.63. The summed E-state index contributed by atoms with van der Waals surface area (Å²) in [6.45, 7) is 2.50. The van der Waals surface area contributed by atoms with E-state index >= 15 is 0 Å². The van der Waals surface area contributed by atoms with Gasteiger partial charge < -0.3 is 15.5 Å². The van der Waals surface area contributed by atoms with Crippen LogP contribution in [0.5, 0.6) is 0 Å². The molecule has 2 unspecified atom stereocenters. The van der Waals surface area contributed by atoms with Gasteiger partial charge in [-0.25, -0.2) is 4.79 Å². The first-order chi connectivity index (χ1) is 8.84. The van der Waals surface area contributed by atoms with Crippen LogP contribution in [0, 0.1) is 0 Å². The van der Waals surface area contributed by atoms with Crippen molar-refractivity contribution in [2.24, 2.45) is 0 Å². The number of nitrogens with one attached hydrogen (secondary N) is 1. The lowest BCUT2D eigenvalue weighted by Gasteiger charge is -2.46. The number of likely N-dealkylation sites (tertiary alicyclic amines) is 1. The zero-order valence-electron chi connectivity index (χ0n) is 10.8. The van der Waals surface area contributed by atoms with Crippen molar-refractivity contribution in [3.05, 3.63) is 11.3 Å². The molecule has 0 aromatic rings. The number of aliphatic hydroxyl groups excluding tert-OH is 1. The quantitative estimate of drug-likeness (QED) is 0.459. The summed E-state index contributed by atoms with van der Waals surface area (Å²) in [4.78, 5) is 35.4. The van der Waals surface area contributed by atoms with E-state index in [1.807, 2.05) is 0 Å². The van der Waals surface area contributed by atoms with Crippen LogP contribution in [0.1, 0.15) is 13.8 Å². The summed E-state index contributed by atoms with van der Waals surface area (Å²) in [6.07, 6.45) is 1.71. The van der Waals surface area contributed by atoms with Crippen LogP contribution in [0.4, 0.5) is 0 Å². The lowest BCUT2D eigenvalue weighted by Crippen LogP contribution is -2.69. The minimum absolute atomic E-state index is 0.0705. The van der Waals surface area contributed by atoms with Crippen molar-refractivity contribution in [2.45, 2.75) is 25.3 Å². The SMILES string of the molecule is CSC1C(NC(=O)CO)C(=O)N1C(C(=O)O)=C(C)C. The molecule has 0 aromatic carbocycles. The number of thioether (sulfide) groups is 1. The average Bonchev–Trinajstić information content (AvgIpc) is 2.35. The van der Waals surface area contributed by atoms with E-state index in [4.69, 9.17) is 10.2 Å². The smallest absolute Gasteiger partial charge is 0.352 e. The molecule has 1 heterocycles. The predicted molar refractivity (Wildman–Crippen MR) is 69.2 cm³/mol. The first-order valence-corrected chi connectivity index (χ1v) is 6.80.